The Morgan fingerprint density at radius 1 is 1.42 bits per heavy atom. The quantitative estimate of drug-likeness (QED) is 0.368. The van der Waals surface area contributed by atoms with E-state index in [1.165, 1.54) is 12.8 Å². The number of halogens is 1. The monoisotopic (exact) mass is 192 g/mol. The normalized spacial score (nSPS) is 12.6. The summed E-state index contributed by atoms with van der Waals surface area (Å²) in [6.45, 7) is 4.28. The number of alkyl halides is 1. The molecule has 0 aromatic carbocycles. The molecule has 0 N–H and O–H groups in total. The molecule has 0 saturated carbocycles. The van der Waals surface area contributed by atoms with Gasteiger partial charge in [0.1, 0.15) is 5.38 Å². The first-order valence-electron chi connectivity index (χ1n) is 4.49. The lowest BCUT2D eigenvalue weighted by molar-refractivity contribution is -0.142. The first-order chi connectivity index (χ1) is 5.68. The fourth-order valence-corrected chi connectivity index (χ4v) is 0.879. The van der Waals surface area contributed by atoms with Crippen LogP contribution in [0.3, 0.4) is 0 Å². The number of hydrogen-bond acceptors (Lipinski definition) is 2. The lowest BCUT2D eigenvalue weighted by Crippen LogP contribution is -2.14. The summed E-state index contributed by atoms with van der Waals surface area (Å²) in [6, 6.07) is 0. The van der Waals surface area contributed by atoms with E-state index in [4.69, 9.17) is 16.3 Å². The Balaban J connectivity index is 3.14. The molecule has 0 rings (SSSR count). The molecule has 0 aromatic heterocycles. The molecular formula is C9H17ClO2. The van der Waals surface area contributed by atoms with E-state index in [1.807, 2.05) is 0 Å². The van der Waals surface area contributed by atoms with E-state index in [2.05, 4.69) is 6.92 Å². The zero-order valence-corrected chi connectivity index (χ0v) is 8.56. The molecule has 1 atom stereocenters. The fraction of sp³-hybridized carbons (Fsp3) is 0.889. The van der Waals surface area contributed by atoms with Crippen LogP contribution >= 0.6 is 11.6 Å². The van der Waals surface area contributed by atoms with E-state index in [0.717, 1.165) is 12.8 Å². The average Bonchev–Trinajstić information content (AvgIpc) is 2.03. The Hall–Kier alpha value is -0.240. The minimum atomic E-state index is -0.517. The molecule has 1 unspecified atom stereocenters. The second-order valence-corrected chi connectivity index (χ2v) is 3.50. The van der Waals surface area contributed by atoms with Gasteiger partial charge in [-0.05, 0) is 13.3 Å². The number of rotatable bonds is 6. The molecule has 0 spiro atoms. The summed E-state index contributed by atoms with van der Waals surface area (Å²) in [5, 5.41) is -0.517. The third-order valence-corrected chi connectivity index (χ3v) is 1.75. The largest absolute Gasteiger partial charge is 0.465 e. The van der Waals surface area contributed by atoms with Crippen molar-refractivity contribution in [3.8, 4) is 0 Å². The van der Waals surface area contributed by atoms with Gasteiger partial charge in [0.25, 0.3) is 0 Å². The van der Waals surface area contributed by atoms with Crippen LogP contribution in [0.2, 0.25) is 0 Å². The Bertz CT molecular complexity index is 124. The number of carbonyl (C=O) groups excluding carboxylic acids is 1. The van der Waals surface area contributed by atoms with E-state index >= 15 is 0 Å². The lowest BCUT2D eigenvalue weighted by atomic mass is 10.2. The van der Waals surface area contributed by atoms with Crippen LogP contribution in [0.25, 0.3) is 0 Å². The van der Waals surface area contributed by atoms with Crippen LogP contribution in [0.5, 0.6) is 0 Å². The summed E-state index contributed by atoms with van der Waals surface area (Å²) < 4.78 is 4.88. The van der Waals surface area contributed by atoms with Gasteiger partial charge < -0.3 is 4.74 Å². The maximum atomic E-state index is 10.8. The van der Waals surface area contributed by atoms with Crippen molar-refractivity contribution in [3.63, 3.8) is 0 Å². The number of esters is 1. The summed E-state index contributed by atoms with van der Waals surface area (Å²) >= 11 is 5.49. The molecule has 0 aliphatic rings. The van der Waals surface area contributed by atoms with Gasteiger partial charge in [-0.2, -0.15) is 0 Å². The van der Waals surface area contributed by atoms with E-state index in [-0.39, 0.29) is 5.97 Å². The highest BCUT2D eigenvalue weighted by molar-refractivity contribution is 6.29. The van der Waals surface area contributed by atoms with Crippen molar-refractivity contribution in [2.75, 3.05) is 6.61 Å². The van der Waals surface area contributed by atoms with Crippen molar-refractivity contribution < 1.29 is 9.53 Å². The molecule has 0 bridgehead atoms. The SMILES string of the molecule is CCCCCCOC(=O)C(C)Cl. The van der Waals surface area contributed by atoms with E-state index in [9.17, 15) is 4.79 Å². The second-order valence-electron chi connectivity index (χ2n) is 2.84. The third-order valence-electron chi connectivity index (χ3n) is 1.57. The lowest BCUT2D eigenvalue weighted by Gasteiger charge is -2.04. The fourth-order valence-electron chi connectivity index (χ4n) is 0.816. The van der Waals surface area contributed by atoms with Crippen LogP contribution in [0.1, 0.15) is 39.5 Å². The molecule has 0 amide bonds. The van der Waals surface area contributed by atoms with Crippen molar-refractivity contribution in [2.24, 2.45) is 0 Å². The van der Waals surface area contributed by atoms with Crippen LogP contribution in [0, 0.1) is 0 Å². The molecule has 72 valence electrons. The van der Waals surface area contributed by atoms with Gasteiger partial charge in [0.15, 0.2) is 0 Å². The number of carbonyl (C=O) groups is 1. The van der Waals surface area contributed by atoms with Crippen LogP contribution in [0.4, 0.5) is 0 Å². The third kappa shape index (κ3) is 6.47. The Morgan fingerprint density at radius 3 is 2.58 bits per heavy atom. The van der Waals surface area contributed by atoms with Crippen LogP contribution in [0.15, 0.2) is 0 Å². The first kappa shape index (κ1) is 11.8. The van der Waals surface area contributed by atoms with Crippen LogP contribution < -0.4 is 0 Å². The standard InChI is InChI=1S/C9H17ClO2/c1-3-4-5-6-7-12-9(11)8(2)10/h8H,3-7H2,1-2H3. The molecule has 2 nitrogen and oxygen atoms in total. The van der Waals surface area contributed by atoms with Gasteiger partial charge in [-0.15, -0.1) is 11.6 Å². The molecule has 12 heavy (non-hydrogen) atoms. The summed E-state index contributed by atoms with van der Waals surface area (Å²) in [4.78, 5) is 10.8. The smallest absolute Gasteiger partial charge is 0.323 e. The van der Waals surface area contributed by atoms with Crippen LogP contribution in [-0.2, 0) is 9.53 Å². The van der Waals surface area contributed by atoms with Gasteiger partial charge in [-0.3, -0.25) is 4.79 Å². The predicted molar refractivity (Wildman–Crippen MR) is 50.4 cm³/mol. The predicted octanol–water partition coefficient (Wildman–Crippen LogP) is 2.74. The van der Waals surface area contributed by atoms with Crippen molar-refractivity contribution in [3.05, 3.63) is 0 Å². The topological polar surface area (TPSA) is 26.3 Å². The van der Waals surface area contributed by atoms with E-state index in [1.54, 1.807) is 6.92 Å². The first-order valence-corrected chi connectivity index (χ1v) is 4.92. The molecule has 0 radical (unpaired) electrons. The van der Waals surface area contributed by atoms with Gasteiger partial charge in [-0.25, -0.2) is 0 Å². The van der Waals surface area contributed by atoms with Crippen LogP contribution in [-0.4, -0.2) is 18.0 Å². The van der Waals surface area contributed by atoms with Gasteiger partial charge in [0.05, 0.1) is 6.61 Å². The zero-order valence-electron chi connectivity index (χ0n) is 7.81. The van der Waals surface area contributed by atoms with Crippen molar-refractivity contribution >= 4 is 17.6 Å². The Kier molecular flexibility index (Phi) is 7.26. The minimum Gasteiger partial charge on any atom is -0.465 e. The van der Waals surface area contributed by atoms with Crippen molar-refractivity contribution in [1.29, 1.82) is 0 Å². The van der Waals surface area contributed by atoms with E-state index < -0.39 is 5.38 Å². The second kappa shape index (κ2) is 7.41. The maximum Gasteiger partial charge on any atom is 0.323 e. The highest BCUT2D eigenvalue weighted by atomic mass is 35.5. The highest BCUT2D eigenvalue weighted by Gasteiger charge is 2.09. The summed E-state index contributed by atoms with van der Waals surface area (Å²) in [7, 11) is 0. The van der Waals surface area contributed by atoms with Gasteiger partial charge >= 0.3 is 5.97 Å². The molecule has 0 aliphatic carbocycles. The Labute approximate surface area is 79.2 Å². The molecule has 0 saturated heterocycles. The zero-order chi connectivity index (χ0) is 9.40. The molecule has 3 heteroatoms. The molecule has 0 heterocycles. The average molecular weight is 193 g/mol. The summed E-state index contributed by atoms with van der Waals surface area (Å²) in [5.41, 5.74) is 0. The number of ether oxygens (including phenoxy) is 1. The molecular weight excluding hydrogens is 176 g/mol. The maximum absolute atomic E-state index is 10.8. The minimum absolute atomic E-state index is 0.312. The highest BCUT2D eigenvalue weighted by Crippen LogP contribution is 2.01. The Morgan fingerprint density at radius 2 is 2.08 bits per heavy atom. The van der Waals surface area contributed by atoms with Gasteiger partial charge in [-0.1, -0.05) is 26.2 Å². The number of unbranched alkanes of at least 4 members (excludes halogenated alkanes) is 3. The van der Waals surface area contributed by atoms with Gasteiger partial charge in [0.2, 0.25) is 0 Å². The summed E-state index contributed by atoms with van der Waals surface area (Å²) in [6.07, 6.45) is 4.47. The molecule has 0 fully saturated rings. The van der Waals surface area contributed by atoms with Gasteiger partial charge in [0, 0.05) is 0 Å². The molecule has 0 aliphatic heterocycles. The summed E-state index contributed by atoms with van der Waals surface area (Å²) in [5.74, 6) is -0.312. The van der Waals surface area contributed by atoms with E-state index in [0.29, 0.717) is 6.61 Å². The van der Waals surface area contributed by atoms with Crippen molar-refractivity contribution in [2.45, 2.75) is 44.9 Å². The van der Waals surface area contributed by atoms with Crippen molar-refractivity contribution in [1.82, 2.24) is 0 Å². The molecule has 0 aromatic rings. The number of hydrogen-bond donors (Lipinski definition) is 0.